The van der Waals surface area contributed by atoms with Crippen LogP contribution in [0.25, 0.3) is 16.0 Å². The number of nitrogens with zero attached hydrogens (tertiary/aromatic N) is 8. The Morgan fingerprint density at radius 1 is 1.15 bits per heavy atom. The summed E-state index contributed by atoms with van der Waals surface area (Å²) < 4.78 is 4.31. The molecule has 5 rings (SSSR count). The molecule has 9 nitrogen and oxygen atoms in total. The van der Waals surface area contributed by atoms with E-state index in [-0.39, 0.29) is 5.56 Å². The summed E-state index contributed by atoms with van der Waals surface area (Å²) in [4.78, 5) is 25.6. The summed E-state index contributed by atoms with van der Waals surface area (Å²) >= 11 is 1.46. The molecule has 4 aromatic heterocycles. The summed E-state index contributed by atoms with van der Waals surface area (Å²) in [6.45, 7) is 4.29. The van der Waals surface area contributed by atoms with Gasteiger partial charge in [-0.2, -0.15) is 0 Å². The molecule has 0 spiro atoms. The molecule has 0 saturated carbocycles. The van der Waals surface area contributed by atoms with Crippen molar-refractivity contribution in [2.75, 3.05) is 31.1 Å². The highest BCUT2D eigenvalue weighted by atomic mass is 32.1. The lowest BCUT2D eigenvalue weighted by atomic mass is 10.3. The molecule has 1 aliphatic heterocycles. The molecule has 0 N–H and O–H groups in total. The van der Waals surface area contributed by atoms with Gasteiger partial charge in [0, 0.05) is 45.6 Å². The predicted molar refractivity (Wildman–Crippen MR) is 103 cm³/mol. The van der Waals surface area contributed by atoms with Crippen LogP contribution in [0.3, 0.4) is 0 Å². The van der Waals surface area contributed by atoms with E-state index in [1.165, 1.54) is 11.3 Å². The van der Waals surface area contributed by atoms with Crippen LogP contribution in [0, 0.1) is 0 Å². The Morgan fingerprint density at radius 3 is 2.78 bits per heavy atom. The summed E-state index contributed by atoms with van der Waals surface area (Å²) in [5, 5.41) is 10.6. The second-order valence-corrected chi connectivity index (χ2v) is 7.49. The molecular weight excluding hydrogens is 364 g/mol. The van der Waals surface area contributed by atoms with Gasteiger partial charge in [-0.25, -0.2) is 4.98 Å². The van der Waals surface area contributed by atoms with Crippen LogP contribution in [0.1, 0.15) is 5.82 Å². The summed E-state index contributed by atoms with van der Waals surface area (Å²) in [6, 6.07) is 1.97. The van der Waals surface area contributed by atoms with Crippen LogP contribution in [0.2, 0.25) is 0 Å². The first-order valence-electron chi connectivity index (χ1n) is 8.76. The molecule has 4 aromatic rings. The molecule has 10 heteroatoms. The van der Waals surface area contributed by atoms with Crippen molar-refractivity contribution in [3.63, 3.8) is 0 Å². The van der Waals surface area contributed by atoms with Crippen LogP contribution in [-0.4, -0.2) is 60.2 Å². The van der Waals surface area contributed by atoms with E-state index in [2.05, 4.69) is 30.0 Å². The summed E-state index contributed by atoms with van der Waals surface area (Å²) in [5.74, 6) is 2.36. The van der Waals surface area contributed by atoms with Gasteiger partial charge in [0.05, 0.1) is 18.3 Å². The minimum Gasteiger partial charge on any atom is -0.353 e. The average molecular weight is 382 g/mol. The molecule has 0 unspecified atom stereocenters. The van der Waals surface area contributed by atoms with Gasteiger partial charge in [0.1, 0.15) is 10.5 Å². The van der Waals surface area contributed by atoms with Gasteiger partial charge in [-0.05, 0) is 11.4 Å². The van der Waals surface area contributed by atoms with E-state index in [9.17, 15) is 4.79 Å². The van der Waals surface area contributed by atoms with Gasteiger partial charge in [0.2, 0.25) is 5.78 Å². The van der Waals surface area contributed by atoms with E-state index in [0.717, 1.165) is 48.0 Å². The Bertz CT molecular complexity index is 1160. The van der Waals surface area contributed by atoms with Crippen molar-refractivity contribution in [2.24, 2.45) is 7.05 Å². The Labute approximate surface area is 158 Å². The highest BCUT2D eigenvalue weighted by molar-refractivity contribution is 7.17. The number of hydrogen-bond donors (Lipinski definition) is 0. The number of aromatic nitrogens is 6. The van der Waals surface area contributed by atoms with Gasteiger partial charge in [-0.15, -0.1) is 21.5 Å². The van der Waals surface area contributed by atoms with Gasteiger partial charge < -0.3 is 4.90 Å². The molecule has 1 aliphatic rings. The SMILES string of the molecule is Cn1c(=O)c2sccc2n2c(CN3CCN(c4cnccn4)CC3)nnc12. The number of piperazine rings is 1. The highest BCUT2D eigenvalue weighted by Crippen LogP contribution is 2.20. The van der Waals surface area contributed by atoms with Gasteiger partial charge in [-0.1, -0.05) is 0 Å². The maximum atomic E-state index is 12.4. The van der Waals surface area contributed by atoms with Crippen molar-refractivity contribution < 1.29 is 0 Å². The second kappa shape index (κ2) is 6.39. The average Bonchev–Trinajstić information content (AvgIpc) is 3.35. The molecule has 1 fully saturated rings. The van der Waals surface area contributed by atoms with E-state index in [1.807, 2.05) is 15.8 Å². The fraction of sp³-hybridized carbons (Fsp3) is 0.353. The summed E-state index contributed by atoms with van der Waals surface area (Å²) in [7, 11) is 1.74. The van der Waals surface area contributed by atoms with E-state index >= 15 is 0 Å². The normalized spacial score (nSPS) is 15.8. The molecule has 0 amide bonds. The van der Waals surface area contributed by atoms with Crippen LogP contribution >= 0.6 is 11.3 Å². The zero-order valence-corrected chi connectivity index (χ0v) is 15.6. The smallest absolute Gasteiger partial charge is 0.272 e. The lowest BCUT2D eigenvalue weighted by Crippen LogP contribution is -2.46. The van der Waals surface area contributed by atoms with Gasteiger partial charge in [0.15, 0.2) is 5.82 Å². The van der Waals surface area contributed by atoms with E-state index < -0.39 is 0 Å². The van der Waals surface area contributed by atoms with E-state index in [1.54, 1.807) is 30.2 Å². The first-order chi connectivity index (χ1) is 13.2. The predicted octanol–water partition coefficient (Wildman–Crippen LogP) is 0.755. The van der Waals surface area contributed by atoms with Crippen molar-refractivity contribution >= 4 is 33.1 Å². The van der Waals surface area contributed by atoms with Crippen molar-refractivity contribution in [2.45, 2.75) is 6.54 Å². The number of thiophene rings is 1. The quantitative estimate of drug-likeness (QED) is 0.517. The monoisotopic (exact) mass is 382 g/mol. The molecule has 0 aliphatic carbocycles. The molecule has 5 heterocycles. The first-order valence-corrected chi connectivity index (χ1v) is 9.64. The molecule has 0 aromatic carbocycles. The summed E-state index contributed by atoms with van der Waals surface area (Å²) in [6.07, 6.45) is 5.21. The number of fused-ring (bicyclic) bond motifs is 3. The van der Waals surface area contributed by atoms with E-state index in [0.29, 0.717) is 12.3 Å². The zero-order valence-electron chi connectivity index (χ0n) is 14.8. The van der Waals surface area contributed by atoms with Crippen molar-refractivity contribution in [1.29, 1.82) is 0 Å². The van der Waals surface area contributed by atoms with Crippen molar-refractivity contribution in [1.82, 2.24) is 34.0 Å². The molecular formula is C17H18N8OS. The van der Waals surface area contributed by atoms with Crippen molar-refractivity contribution in [3.05, 3.63) is 46.2 Å². The second-order valence-electron chi connectivity index (χ2n) is 6.58. The largest absolute Gasteiger partial charge is 0.353 e. The van der Waals surface area contributed by atoms with Crippen LogP contribution in [0.4, 0.5) is 5.82 Å². The van der Waals surface area contributed by atoms with Gasteiger partial charge in [0.25, 0.3) is 5.56 Å². The lowest BCUT2D eigenvalue weighted by molar-refractivity contribution is 0.243. The minimum absolute atomic E-state index is 0.0240. The zero-order chi connectivity index (χ0) is 18.4. The number of hydrogen-bond acceptors (Lipinski definition) is 8. The standard InChI is InChI=1S/C17H18N8OS/c1-22-16(26)15-12(2-9-27-15)25-14(20-21-17(22)25)11-23-5-7-24(8-6-23)13-10-18-3-4-19-13/h2-4,9-10H,5-8,11H2,1H3. The van der Waals surface area contributed by atoms with Crippen LogP contribution in [0.5, 0.6) is 0 Å². The molecule has 0 radical (unpaired) electrons. The fourth-order valence-corrected chi connectivity index (χ4v) is 4.40. The third-order valence-electron chi connectivity index (χ3n) is 5.01. The van der Waals surface area contributed by atoms with Crippen molar-refractivity contribution in [3.8, 4) is 0 Å². The van der Waals surface area contributed by atoms with Gasteiger partial charge in [-0.3, -0.25) is 23.6 Å². The summed E-state index contributed by atoms with van der Waals surface area (Å²) in [5.41, 5.74) is 0.861. The Morgan fingerprint density at radius 2 is 2.00 bits per heavy atom. The van der Waals surface area contributed by atoms with Gasteiger partial charge >= 0.3 is 0 Å². The fourth-order valence-electron chi connectivity index (χ4n) is 3.54. The molecule has 138 valence electrons. The highest BCUT2D eigenvalue weighted by Gasteiger charge is 2.21. The lowest BCUT2D eigenvalue weighted by Gasteiger charge is -2.34. The van der Waals surface area contributed by atoms with Crippen LogP contribution < -0.4 is 10.5 Å². The Kier molecular flexibility index (Phi) is 3.87. The maximum Gasteiger partial charge on any atom is 0.272 e. The number of rotatable bonds is 3. The maximum absolute atomic E-state index is 12.4. The molecule has 0 bridgehead atoms. The van der Waals surface area contributed by atoms with Crippen LogP contribution in [0.15, 0.2) is 34.8 Å². The van der Waals surface area contributed by atoms with E-state index in [4.69, 9.17) is 0 Å². The topological polar surface area (TPSA) is 84.5 Å². The number of aryl methyl sites for hydroxylation is 1. The first kappa shape index (κ1) is 16.3. The Balaban J connectivity index is 1.41. The Hall–Kier alpha value is -2.85. The number of anilines is 1. The third kappa shape index (κ3) is 2.68. The molecule has 0 atom stereocenters. The third-order valence-corrected chi connectivity index (χ3v) is 5.90. The molecule has 27 heavy (non-hydrogen) atoms. The molecule has 1 saturated heterocycles. The van der Waals surface area contributed by atoms with Crippen LogP contribution in [-0.2, 0) is 13.6 Å². The minimum atomic E-state index is -0.0240.